The van der Waals surface area contributed by atoms with Crippen LogP contribution in [0.1, 0.15) is 24.9 Å². The Hall–Kier alpha value is -2.21. The van der Waals surface area contributed by atoms with Crippen molar-refractivity contribution in [2.45, 2.75) is 31.5 Å². The van der Waals surface area contributed by atoms with Gasteiger partial charge in [-0.15, -0.1) is 0 Å². The summed E-state index contributed by atoms with van der Waals surface area (Å²) in [6, 6.07) is -1.26. The van der Waals surface area contributed by atoms with Crippen LogP contribution in [-0.2, 0) is 6.18 Å². The van der Waals surface area contributed by atoms with Gasteiger partial charge in [-0.2, -0.15) is 23.3 Å². The first kappa shape index (κ1) is 21.5. The molecule has 0 radical (unpaired) electrons. The number of likely N-dealkylation sites (tertiary alicyclic amines) is 1. The molecule has 1 aliphatic rings. The lowest BCUT2D eigenvalue weighted by molar-refractivity contribution is -0.137. The van der Waals surface area contributed by atoms with E-state index in [0.717, 1.165) is 4.68 Å². The van der Waals surface area contributed by atoms with Crippen molar-refractivity contribution in [1.29, 1.82) is 0 Å². The van der Waals surface area contributed by atoms with Gasteiger partial charge in [0.25, 0.3) is 5.92 Å². The monoisotopic (exact) mass is 439 g/mol. The second-order valence-corrected chi connectivity index (χ2v) is 6.90. The number of hydrogen-bond donors (Lipinski definition) is 2. The Morgan fingerprint density at radius 3 is 2.66 bits per heavy atom. The van der Waals surface area contributed by atoms with Crippen molar-refractivity contribution in [3.05, 3.63) is 23.1 Å². The van der Waals surface area contributed by atoms with E-state index in [9.17, 15) is 22.0 Å². The number of alkyl halides is 5. The molecule has 1 saturated heterocycles. The van der Waals surface area contributed by atoms with Gasteiger partial charge >= 0.3 is 6.18 Å². The van der Waals surface area contributed by atoms with Gasteiger partial charge in [0, 0.05) is 32.8 Å². The second-order valence-electron chi connectivity index (χ2n) is 6.54. The van der Waals surface area contributed by atoms with E-state index in [4.69, 9.17) is 11.6 Å². The maximum Gasteiger partial charge on any atom is 0.421 e. The topological polar surface area (TPSA) is 70.9 Å². The Morgan fingerprint density at radius 2 is 2.03 bits per heavy atom. The molecule has 3 heterocycles. The molecule has 160 valence electrons. The fourth-order valence-electron chi connectivity index (χ4n) is 3.10. The largest absolute Gasteiger partial charge is 0.421 e. The van der Waals surface area contributed by atoms with Crippen LogP contribution in [0.15, 0.2) is 12.4 Å². The first-order valence-electron chi connectivity index (χ1n) is 8.79. The van der Waals surface area contributed by atoms with Gasteiger partial charge in [0.2, 0.25) is 5.95 Å². The number of nitrogens with zero attached hydrogens (tertiary/aromatic N) is 5. The Bertz CT molecular complexity index is 870. The summed E-state index contributed by atoms with van der Waals surface area (Å²) in [6.07, 6.45) is -3.12. The van der Waals surface area contributed by atoms with E-state index in [1.807, 2.05) is 11.8 Å². The zero-order valence-corrected chi connectivity index (χ0v) is 16.3. The van der Waals surface area contributed by atoms with Crippen molar-refractivity contribution < 1.29 is 22.0 Å². The summed E-state index contributed by atoms with van der Waals surface area (Å²) in [4.78, 5) is 9.26. The molecule has 1 fully saturated rings. The van der Waals surface area contributed by atoms with E-state index < -0.39 is 29.5 Å². The van der Waals surface area contributed by atoms with Gasteiger partial charge in [0.15, 0.2) is 5.15 Å². The minimum absolute atomic E-state index is 0.0744. The molecule has 1 atom stereocenters. The zero-order chi connectivity index (χ0) is 21.4. The predicted octanol–water partition coefficient (Wildman–Crippen LogP) is 4.03. The van der Waals surface area contributed by atoms with Gasteiger partial charge in [0.05, 0.1) is 11.9 Å². The highest BCUT2D eigenvalue weighted by molar-refractivity contribution is 6.32. The zero-order valence-electron chi connectivity index (χ0n) is 15.6. The summed E-state index contributed by atoms with van der Waals surface area (Å²) >= 11 is 6.24. The minimum Gasteiger partial charge on any atom is -0.372 e. The van der Waals surface area contributed by atoms with Gasteiger partial charge in [-0.3, -0.25) is 0 Å². The van der Waals surface area contributed by atoms with E-state index in [0.29, 0.717) is 12.7 Å². The normalized spacial score (nSPS) is 19.9. The van der Waals surface area contributed by atoms with Crippen LogP contribution in [0.4, 0.5) is 39.4 Å². The summed E-state index contributed by atoms with van der Waals surface area (Å²) in [6.45, 7) is 2.84. The molecule has 29 heavy (non-hydrogen) atoms. The third kappa shape index (κ3) is 4.37. The average molecular weight is 440 g/mol. The molecular weight excluding hydrogens is 421 g/mol. The predicted molar refractivity (Wildman–Crippen MR) is 97.8 cm³/mol. The van der Waals surface area contributed by atoms with Crippen LogP contribution >= 0.6 is 11.6 Å². The van der Waals surface area contributed by atoms with Crippen LogP contribution in [0.25, 0.3) is 0 Å². The van der Waals surface area contributed by atoms with Gasteiger partial charge in [0.1, 0.15) is 17.4 Å². The molecule has 7 nitrogen and oxygen atoms in total. The highest BCUT2D eigenvalue weighted by Crippen LogP contribution is 2.40. The molecular formula is C16H19ClF5N7. The highest BCUT2D eigenvalue weighted by atomic mass is 35.5. The molecule has 2 aromatic rings. The lowest BCUT2D eigenvalue weighted by atomic mass is 10.0. The molecule has 0 aromatic carbocycles. The molecule has 2 aromatic heterocycles. The molecule has 3 rings (SSSR count). The number of aromatic nitrogens is 4. The van der Waals surface area contributed by atoms with E-state index in [-0.39, 0.29) is 36.3 Å². The molecule has 0 unspecified atom stereocenters. The third-order valence-corrected chi connectivity index (χ3v) is 5.11. The fraction of sp³-hybridized carbons (Fsp3) is 0.562. The van der Waals surface area contributed by atoms with Gasteiger partial charge in [-0.05, 0) is 6.54 Å². The van der Waals surface area contributed by atoms with E-state index in [1.54, 1.807) is 0 Å². The molecule has 2 N–H and O–H groups in total. The number of nitrogens with one attached hydrogen (secondary N) is 2. The minimum atomic E-state index is -4.63. The average Bonchev–Trinajstić information content (AvgIpc) is 3.01. The Morgan fingerprint density at radius 1 is 1.31 bits per heavy atom. The summed E-state index contributed by atoms with van der Waals surface area (Å²) in [7, 11) is 1.29. The van der Waals surface area contributed by atoms with E-state index in [2.05, 4.69) is 25.7 Å². The highest BCUT2D eigenvalue weighted by Gasteiger charge is 2.46. The maximum absolute atomic E-state index is 14.4. The molecule has 0 saturated carbocycles. The summed E-state index contributed by atoms with van der Waals surface area (Å²) in [5, 5.41) is 8.84. The van der Waals surface area contributed by atoms with Gasteiger partial charge in [-0.25, -0.2) is 18.4 Å². The van der Waals surface area contributed by atoms with Crippen LogP contribution < -0.4 is 10.6 Å². The van der Waals surface area contributed by atoms with Crippen LogP contribution in [-0.4, -0.2) is 57.3 Å². The second kappa shape index (κ2) is 7.90. The molecule has 0 bridgehead atoms. The number of rotatable bonds is 5. The van der Waals surface area contributed by atoms with E-state index in [1.165, 1.54) is 13.2 Å². The molecule has 1 aliphatic heterocycles. The molecule has 0 spiro atoms. The summed E-state index contributed by atoms with van der Waals surface area (Å²) in [5.74, 6) is -3.62. The Kier molecular flexibility index (Phi) is 5.86. The Labute approximate surface area is 168 Å². The van der Waals surface area contributed by atoms with Gasteiger partial charge in [-0.1, -0.05) is 18.5 Å². The van der Waals surface area contributed by atoms with Crippen molar-refractivity contribution in [3.63, 3.8) is 0 Å². The lowest BCUT2D eigenvalue weighted by Crippen LogP contribution is -2.48. The van der Waals surface area contributed by atoms with Crippen LogP contribution in [0.5, 0.6) is 0 Å². The fourth-order valence-corrected chi connectivity index (χ4v) is 3.35. The van der Waals surface area contributed by atoms with Crippen molar-refractivity contribution in [1.82, 2.24) is 24.6 Å². The number of piperidine rings is 1. The SMILES string of the molecule is CCN1CCC(F)(F)[C@@H](n2ncc(Nc3ncc(C(F)(F)F)c(NC)n3)c2Cl)C1. The quantitative estimate of drug-likeness (QED) is 0.685. The smallest absolute Gasteiger partial charge is 0.372 e. The summed E-state index contributed by atoms with van der Waals surface area (Å²) < 4.78 is 68.7. The van der Waals surface area contributed by atoms with Crippen LogP contribution in [0, 0.1) is 0 Å². The third-order valence-electron chi connectivity index (χ3n) is 4.73. The molecule has 0 aliphatic carbocycles. The van der Waals surface area contributed by atoms with E-state index >= 15 is 0 Å². The first-order valence-corrected chi connectivity index (χ1v) is 9.16. The van der Waals surface area contributed by atoms with Crippen LogP contribution in [0.2, 0.25) is 5.15 Å². The standard InChI is InChI=1S/C16H19ClF5N7/c1-3-28-5-4-15(18,19)11(8-28)29-12(17)10(7-25-29)26-14-24-6-9(16(20,21)22)13(23-2)27-14/h6-7,11H,3-5,8H2,1-2H3,(H2,23,24,26,27)/t11-/m0/s1. The summed E-state index contributed by atoms with van der Waals surface area (Å²) in [5.41, 5.74) is -0.924. The Balaban J connectivity index is 1.86. The molecule has 0 amide bonds. The number of halogens is 6. The van der Waals surface area contributed by atoms with Crippen molar-refractivity contribution >= 4 is 29.1 Å². The number of hydrogen-bond acceptors (Lipinski definition) is 6. The lowest BCUT2D eigenvalue weighted by Gasteiger charge is -2.38. The van der Waals surface area contributed by atoms with Crippen molar-refractivity contribution in [2.24, 2.45) is 0 Å². The maximum atomic E-state index is 14.4. The van der Waals surface area contributed by atoms with Crippen LogP contribution in [0.3, 0.4) is 0 Å². The number of likely N-dealkylation sites (N-methyl/N-ethyl adjacent to an activating group) is 1. The number of anilines is 3. The van der Waals surface area contributed by atoms with Gasteiger partial charge < -0.3 is 15.5 Å². The molecule has 13 heteroatoms. The van der Waals surface area contributed by atoms with Crippen molar-refractivity contribution in [2.75, 3.05) is 37.3 Å². The van der Waals surface area contributed by atoms with Crippen molar-refractivity contribution in [3.8, 4) is 0 Å². The first-order chi connectivity index (χ1) is 13.6.